The molecule has 0 amide bonds. The number of aliphatic imine (C=N–C) groups is 1. The van der Waals surface area contributed by atoms with E-state index in [2.05, 4.69) is 37.8 Å². The average Bonchev–Trinajstić information content (AvgIpc) is 3.23. The number of nitrogens with one attached hydrogen (secondary N) is 2. The fourth-order valence-electron chi connectivity index (χ4n) is 2.86. The van der Waals surface area contributed by atoms with Crippen molar-refractivity contribution in [2.24, 2.45) is 4.99 Å². The third-order valence-corrected chi connectivity index (χ3v) is 4.26. The smallest absolute Gasteiger partial charge is 0.218 e. The number of benzene rings is 1. The molecule has 0 bridgehead atoms. The Balaban J connectivity index is 1.59. The molecule has 3 rings (SSSR count). The third-order valence-electron chi connectivity index (χ3n) is 4.26. The van der Waals surface area contributed by atoms with E-state index in [1.54, 1.807) is 19.4 Å². The van der Waals surface area contributed by atoms with E-state index in [1.165, 1.54) is 11.1 Å². The van der Waals surface area contributed by atoms with Crippen LogP contribution in [0, 0.1) is 0 Å². The minimum Gasteiger partial charge on any atom is -0.478 e. The van der Waals surface area contributed by atoms with E-state index in [1.807, 2.05) is 48.1 Å². The second kappa shape index (κ2) is 10.1. The maximum absolute atomic E-state index is 5.58. The van der Waals surface area contributed by atoms with Gasteiger partial charge in [0.05, 0.1) is 13.2 Å². The quantitative estimate of drug-likeness (QED) is 0.465. The maximum Gasteiger partial charge on any atom is 0.218 e. The number of hydrogen-bond donors (Lipinski definition) is 2. The molecule has 2 aromatic heterocycles. The molecule has 0 saturated carbocycles. The van der Waals surface area contributed by atoms with Gasteiger partial charge in [0.2, 0.25) is 5.88 Å². The summed E-state index contributed by atoms with van der Waals surface area (Å²) in [6, 6.07) is 14.2. The highest BCUT2D eigenvalue weighted by Crippen LogP contribution is 2.14. The fraction of sp³-hybridized carbons (Fsp3) is 0.286. The highest BCUT2D eigenvalue weighted by Gasteiger charge is 2.07. The summed E-state index contributed by atoms with van der Waals surface area (Å²) in [5, 5.41) is 11.0. The van der Waals surface area contributed by atoms with E-state index in [0.717, 1.165) is 18.1 Å². The summed E-state index contributed by atoms with van der Waals surface area (Å²) in [6.07, 6.45) is 5.49. The van der Waals surface area contributed by atoms with Gasteiger partial charge in [0.15, 0.2) is 5.96 Å². The molecule has 1 aromatic carbocycles. The standard InChI is InChI=1S/C21H26N6O/c1-3-28-20-18(10-6-11-23-20)15-25-21(22-2)24-14-17-8-4-5-9-19(17)16-27-13-7-12-26-27/h4-13H,3,14-16H2,1-2H3,(H2,22,24,25). The number of rotatable bonds is 8. The molecule has 28 heavy (non-hydrogen) atoms. The maximum atomic E-state index is 5.58. The number of nitrogens with zero attached hydrogens (tertiary/aromatic N) is 4. The first-order valence-corrected chi connectivity index (χ1v) is 9.35. The second-order valence-corrected chi connectivity index (χ2v) is 6.15. The van der Waals surface area contributed by atoms with Crippen molar-refractivity contribution in [2.45, 2.75) is 26.6 Å². The first-order valence-electron chi connectivity index (χ1n) is 9.35. The zero-order valence-corrected chi connectivity index (χ0v) is 16.3. The molecule has 7 heteroatoms. The first kappa shape index (κ1) is 19.4. The van der Waals surface area contributed by atoms with Crippen LogP contribution in [0.15, 0.2) is 66.0 Å². The van der Waals surface area contributed by atoms with Crippen LogP contribution in [-0.4, -0.2) is 34.4 Å². The lowest BCUT2D eigenvalue weighted by Gasteiger charge is -2.15. The molecule has 0 aliphatic heterocycles. The average molecular weight is 378 g/mol. The van der Waals surface area contributed by atoms with Crippen LogP contribution in [0.25, 0.3) is 0 Å². The van der Waals surface area contributed by atoms with E-state index in [0.29, 0.717) is 25.6 Å². The van der Waals surface area contributed by atoms with Gasteiger partial charge in [0.1, 0.15) is 0 Å². The predicted octanol–water partition coefficient (Wildman–Crippen LogP) is 2.59. The molecule has 0 atom stereocenters. The molecule has 0 aliphatic carbocycles. The SMILES string of the molecule is CCOc1ncccc1CNC(=NC)NCc1ccccc1Cn1cccn1. The Kier molecular flexibility index (Phi) is 7.01. The van der Waals surface area contributed by atoms with Crippen molar-refractivity contribution < 1.29 is 4.74 Å². The van der Waals surface area contributed by atoms with E-state index in [-0.39, 0.29) is 0 Å². The molecular formula is C21H26N6O. The number of ether oxygens (including phenoxy) is 1. The fourth-order valence-corrected chi connectivity index (χ4v) is 2.86. The van der Waals surface area contributed by atoms with Crippen LogP contribution in [0.4, 0.5) is 0 Å². The second-order valence-electron chi connectivity index (χ2n) is 6.15. The molecule has 0 fully saturated rings. The van der Waals surface area contributed by atoms with Gasteiger partial charge in [-0.2, -0.15) is 5.10 Å². The van der Waals surface area contributed by atoms with Crippen molar-refractivity contribution >= 4 is 5.96 Å². The van der Waals surface area contributed by atoms with Crippen molar-refractivity contribution in [3.8, 4) is 5.88 Å². The molecule has 2 heterocycles. The van der Waals surface area contributed by atoms with Gasteiger partial charge in [0, 0.05) is 44.3 Å². The van der Waals surface area contributed by atoms with Crippen molar-refractivity contribution in [1.29, 1.82) is 0 Å². The summed E-state index contributed by atoms with van der Waals surface area (Å²) in [5.74, 6) is 1.37. The summed E-state index contributed by atoms with van der Waals surface area (Å²) in [7, 11) is 1.76. The Morgan fingerprint density at radius 3 is 2.46 bits per heavy atom. The number of pyridine rings is 1. The summed E-state index contributed by atoms with van der Waals surface area (Å²) in [5.41, 5.74) is 3.42. The lowest BCUT2D eigenvalue weighted by molar-refractivity contribution is 0.322. The van der Waals surface area contributed by atoms with Gasteiger partial charge < -0.3 is 15.4 Å². The lowest BCUT2D eigenvalue weighted by Crippen LogP contribution is -2.36. The first-order chi connectivity index (χ1) is 13.8. The predicted molar refractivity (Wildman–Crippen MR) is 110 cm³/mol. The van der Waals surface area contributed by atoms with Crippen molar-refractivity contribution in [3.05, 3.63) is 77.7 Å². The van der Waals surface area contributed by atoms with Crippen LogP contribution in [0.2, 0.25) is 0 Å². The molecule has 0 unspecified atom stereocenters. The van der Waals surface area contributed by atoms with E-state index in [9.17, 15) is 0 Å². The van der Waals surface area contributed by atoms with E-state index < -0.39 is 0 Å². The van der Waals surface area contributed by atoms with Crippen LogP contribution < -0.4 is 15.4 Å². The Labute approximate surface area is 165 Å². The zero-order valence-electron chi connectivity index (χ0n) is 16.3. The summed E-state index contributed by atoms with van der Waals surface area (Å²) < 4.78 is 7.50. The van der Waals surface area contributed by atoms with Gasteiger partial charge in [-0.3, -0.25) is 9.67 Å². The normalized spacial score (nSPS) is 11.3. The van der Waals surface area contributed by atoms with Gasteiger partial charge in [-0.1, -0.05) is 30.3 Å². The van der Waals surface area contributed by atoms with Crippen LogP contribution in [0.5, 0.6) is 5.88 Å². The Morgan fingerprint density at radius 2 is 1.75 bits per heavy atom. The zero-order chi connectivity index (χ0) is 19.6. The summed E-state index contributed by atoms with van der Waals surface area (Å²) >= 11 is 0. The van der Waals surface area contributed by atoms with Gasteiger partial charge in [0.25, 0.3) is 0 Å². The molecule has 0 aliphatic rings. The van der Waals surface area contributed by atoms with Crippen molar-refractivity contribution in [1.82, 2.24) is 25.4 Å². The summed E-state index contributed by atoms with van der Waals surface area (Å²) in [4.78, 5) is 8.60. The highest BCUT2D eigenvalue weighted by molar-refractivity contribution is 5.79. The van der Waals surface area contributed by atoms with Crippen molar-refractivity contribution in [3.63, 3.8) is 0 Å². The largest absolute Gasteiger partial charge is 0.478 e. The minimum atomic E-state index is 0.581. The molecular weight excluding hydrogens is 352 g/mol. The Bertz CT molecular complexity index is 891. The lowest BCUT2D eigenvalue weighted by atomic mass is 10.1. The van der Waals surface area contributed by atoms with Crippen molar-refractivity contribution in [2.75, 3.05) is 13.7 Å². The molecule has 146 valence electrons. The monoisotopic (exact) mass is 378 g/mol. The molecule has 0 spiro atoms. The van der Waals surface area contributed by atoms with Gasteiger partial charge >= 0.3 is 0 Å². The van der Waals surface area contributed by atoms with E-state index >= 15 is 0 Å². The molecule has 0 saturated heterocycles. The van der Waals surface area contributed by atoms with Gasteiger partial charge in [-0.05, 0) is 30.2 Å². The number of aromatic nitrogens is 3. The Morgan fingerprint density at radius 1 is 1.00 bits per heavy atom. The van der Waals surface area contributed by atoms with Crippen LogP contribution in [0.3, 0.4) is 0 Å². The molecule has 7 nitrogen and oxygen atoms in total. The Hall–Kier alpha value is -3.35. The number of guanidine groups is 1. The third kappa shape index (κ3) is 5.33. The topological polar surface area (TPSA) is 76.4 Å². The van der Waals surface area contributed by atoms with E-state index in [4.69, 9.17) is 4.74 Å². The summed E-state index contributed by atoms with van der Waals surface area (Å²) in [6.45, 7) is 4.53. The highest BCUT2D eigenvalue weighted by atomic mass is 16.5. The molecule has 0 radical (unpaired) electrons. The van der Waals surface area contributed by atoms with Gasteiger partial charge in [-0.15, -0.1) is 0 Å². The molecule has 3 aromatic rings. The van der Waals surface area contributed by atoms with Crippen LogP contribution >= 0.6 is 0 Å². The number of hydrogen-bond acceptors (Lipinski definition) is 4. The van der Waals surface area contributed by atoms with Crippen LogP contribution in [-0.2, 0) is 19.6 Å². The van der Waals surface area contributed by atoms with Gasteiger partial charge in [-0.25, -0.2) is 4.98 Å². The van der Waals surface area contributed by atoms with Crippen LogP contribution in [0.1, 0.15) is 23.6 Å². The minimum absolute atomic E-state index is 0.581. The molecule has 2 N–H and O–H groups in total.